The van der Waals surface area contributed by atoms with Crippen molar-refractivity contribution in [2.75, 3.05) is 6.61 Å². The number of rotatable bonds is 5. The molecule has 0 aromatic heterocycles. The van der Waals surface area contributed by atoms with E-state index in [4.69, 9.17) is 21.6 Å². The van der Waals surface area contributed by atoms with Crippen LogP contribution in [-0.4, -0.2) is 6.61 Å². The second-order valence-corrected chi connectivity index (χ2v) is 4.82. The highest BCUT2D eigenvalue weighted by Crippen LogP contribution is 2.48. The Hall–Kier alpha value is -1.27. The normalized spacial score (nSPS) is 16.3. The van der Waals surface area contributed by atoms with Gasteiger partial charge in [-0.05, 0) is 30.5 Å². The quantitative estimate of drug-likeness (QED) is 0.751. The molecule has 0 atom stereocenters. The van der Waals surface area contributed by atoms with Crippen LogP contribution >= 0.6 is 11.6 Å². The van der Waals surface area contributed by atoms with Gasteiger partial charge in [-0.3, -0.25) is 0 Å². The summed E-state index contributed by atoms with van der Waals surface area (Å²) in [6.45, 7) is 0.478. The zero-order valence-electron chi connectivity index (χ0n) is 9.38. The van der Waals surface area contributed by atoms with Crippen molar-refractivity contribution in [1.29, 1.82) is 5.26 Å². The van der Waals surface area contributed by atoms with E-state index in [2.05, 4.69) is 6.07 Å². The molecule has 1 fully saturated rings. The summed E-state index contributed by atoms with van der Waals surface area (Å²) < 4.78 is 18.8. The van der Waals surface area contributed by atoms with Gasteiger partial charge in [0.2, 0.25) is 0 Å². The Morgan fingerprint density at radius 2 is 2.18 bits per heavy atom. The number of ether oxygens (including phenoxy) is 1. The zero-order chi connectivity index (χ0) is 12.3. The van der Waals surface area contributed by atoms with E-state index in [-0.39, 0.29) is 17.1 Å². The summed E-state index contributed by atoms with van der Waals surface area (Å²) in [5.41, 5.74) is 0.703. The maximum Gasteiger partial charge on any atom is 0.127 e. The van der Waals surface area contributed by atoms with E-state index >= 15 is 0 Å². The molecule has 0 radical (unpaired) electrons. The molecule has 2 rings (SSSR count). The molecular weight excluding hydrogens is 241 g/mol. The number of alkyl halides is 1. The van der Waals surface area contributed by atoms with Gasteiger partial charge in [0.05, 0.1) is 12.7 Å². The van der Waals surface area contributed by atoms with E-state index in [1.807, 2.05) is 0 Å². The summed E-state index contributed by atoms with van der Waals surface area (Å²) >= 11 is 5.66. The summed E-state index contributed by atoms with van der Waals surface area (Å²) in [5.74, 6) is 0.408. The third-order valence-electron chi connectivity index (χ3n) is 3.04. The van der Waals surface area contributed by atoms with E-state index in [1.54, 1.807) is 6.07 Å². The Bertz CT molecular complexity index is 451. The SMILES string of the molecule is N#CCC1(COc2cc(F)cc(CCl)c2)CC1. The minimum Gasteiger partial charge on any atom is -0.493 e. The van der Waals surface area contributed by atoms with Gasteiger partial charge in [-0.25, -0.2) is 4.39 Å². The van der Waals surface area contributed by atoms with Gasteiger partial charge >= 0.3 is 0 Å². The highest BCUT2D eigenvalue weighted by Gasteiger charge is 2.43. The van der Waals surface area contributed by atoms with Crippen molar-refractivity contribution in [3.05, 3.63) is 29.6 Å². The molecule has 0 unspecified atom stereocenters. The van der Waals surface area contributed by atoms with Crippen molar-refractivity contribution in [1.82, 2.24) is 0 Å². The Morgan fingerprint density at radius 3 is 2.76 bits per heavy atom. The highest BCUT2D eigenvalue weighted by molar-refractivity contribution is 6.17. The third kappa shape index (κ3) is 3.10. The van der Waals surface area contributed by atoms with Gasteiger partial charge < -0.3 is 4.74 Å². The van der Waals surface area contributed by atoms with Gasteiger partial charge in [-0.1, -0.05) is 0 Å². The topological polar surface area (TPSA) is 33.0 Å². The first-order valence-corrected chi connectivity index (χ1v) is 6.06. The van der Waals surface area contributed by atoms with Gasteiger partial charge in [0.15, 0.2) is 0 Å². The van der Waals surface area contributed by atoms with Crippen LogP contribution < -0.4 is 4.74 Å². The average molecular weight is 254 g/mol. The van der Waals surface area contributed by atoms with Crippen LogP contribution in [0, 0.1) is 22.6 Å². The van der Waals surface area contributed by atoms with Crippen molar-refractivity contribution in [3.8, 4) is 11.8 Å². The first kappa shape index (κ1) is 12.2. The molecule has 1 aromatic rings. The van der Waals surface area contributed by atoms with Crippen molar-refractivity contribution in [3.63, 3.8) is 0 Å². The maximum absolute atomic E-state index is 13.2. The van der Waals surface area contributed by atoms with Gasteiger partial charge in [0, 0.05) is 23.8 Å². The lowest BCUT2D eigenvalue weighted by Crippen LogP contribution is -2.12. The van der Waals surface area contributed by atoms with Crippen molar-refractivity contribution in [2.24, 2.45) is 5.41 Å². The zero-order valence-corrected chi connectivity index (χ0v) is 10.1. The van der Waals surface area contributed by atoms with Crippen LogP contribution in [0.4, 0.5) is 4.39 Å². The number of halogens is 2. The van der Waals surface area contributed by atoms with Gasteiger partial charge in [-0.2, -0.15) is 5.26 Å². The van der Waals surface area contributed by atoms with Crippen molar-refractivity contribution >= 4 is 11.6 Å². The molecule has 0 aliphatic heterocycles. The number of hydrogen-bond acceptors (Lipinski definition) is 2. The molecule has 1 aromatic carbocycles. The fraction of sp³-hybridized carbons (Fsp3) is 0.462. The van der Waals surface area contributed by atoms with E-state index in [0.29, 0.717) is 24.3 Å². The Kier molecular flexibility index (Phi) is 3.54. The Labute approximate surface area is 105 Å². The third-order valence-corrected chi connectivity index (χ3v) is 3.35. The molecule has 0 heterocycles. The molecule has 1 saturated carbocycles. The van der Waals surface area contributed by atoms with E-state index in [9.17, 15) is 4.39 Å². The first-order chi connectivity index (χ1) is 8.17. The lowest BCUT2D eigenvalue weighted by molar-refractivity contribution is 0.236. The summed E-state index contributed by atoms with van der Waals surface area (Å²) in [7, 11) is 0. The second kappa shape index (κ2) is 4.93. The molecule has 0 saturated heterocycles. The number of hydrogen-bond donors (Lipinski definition) is 0. The van der Waals surface area contributed by atoms with Crippen molar-refractivity contribution in [2.45, 2.75) is 25.1 Å². The van der Waals surface area contributed by atoms with Crippen LogP contribution in [0.5, 0.6) is 5.75 Å². The molecule has 1 aliphatic carbocycles. The summed E-state index contributed by atoms with van der Waals surface area (Å²) in [4.78, 5) is 0. The molecule has 0 bridgehead atoms. The van der Waals surface area contributed by atoms with Crippen LogP contribution in [0.1, 0.15) is 24.8 Å². The minimum absolute atomic E-state index is 0.00218. The molecular formula is C13H13ClFNO. The van der Waals surface area contributed by atoms with Crippen LogP contribution in [0.3, 0.4) is 0 Å². The van der Waals surface area contributed by atoms with Crippen LogP contribution in [0.25, 0.3) is 0 Å². The van der Waals surface area contributed by atoms with Crippen LogP contribution in [0.2, 0.25) is 0 Å². The van der Waals surface area contributed by atoms with Crippen LogP contribution in [0.15, 0.2) is 18.2 Å². The molecule has 2 nitrogen and oxygen atoms in total. The van der Waals surface area contributed by atoms with Crippen molar-refractivity contribution < 1.29 is 9.13 Å². The predicted molar refractivity (Wildman–Crippen MR) is 63.3 cm³/mol. The Balaban J connectivity index is 1.99. The molecule has 17 heavy (non-hydrogen) atoms. The van der Waals surface area contributed by atoms with Gasteiger partial charge in [0.25, 0.3) is 0 Å². The first-order valence-electron chi connectivity index (χ1n) is 5.53. The molecule has 0 amide bonds. The standard InChI is InChI=1S/C13H13ClFNO/c14-8-10-5-11(15)7-12(6-10)17-9-13(1-2-13)3-4-16/h5-7H,1-3,8-9H2. The molecule has 90 valence electrons. The fourth-order valence-corrected chi connectivity index (χ4v) is 1.89. The monoisotopic (exact) mass is 253 g/mol. The van der Waals surface area contributed by atoms with E-state index in [0.717, 1.165) is 12.8 Å². The summed E-state index contributed by atoms with van der Waals surface area (Å²) in [6, 6.07) is 6.64. The molecule has 1 aliphatic rings. The number of benzene rings is 1. The van der Waals surface area contributed by atoms with E-state index in [1.165, 1.54) is 12.1 Å². The molecule has 4 heteroatoms. The Morgan fingerprint density at radius 1 is 1.41 bits per heavy atom. The lowest BCUT2D eigenvalue weighted by Gasteiger charge is -2.13. The highest BCUT2D eigenvalue weighted by atomic mass is 35.5. The van der Waals surface area contributed by atoms with Gasteiger partial charge in [0.1, 0.15) is 11.6 Å². The second-order valence-electron chi connectivity index (χ2n) is 4.55. The van der Waals surface area contributed by atoms with Gasteiger partial charge in [-0.15, -0.1) is 11.6 Å². The fourth-order valence-electron chi connectivity index (χ4n) is 1.73. The number of nitrogens with zero attached hydrogens (tertiary/aromatic N) is 1. The molecule has 0 N–H and O–H groups in total. The average Bonchev–Trinajstić information content (AvgIpc) is 3.07. The smallest absolute Gasteiger partial charge is 0.127 e. The van der Waals surface area contributed by atoms with Crippen LogP contribution in [-0.2, 0) is 5.88 Å². The number of nitriles is 1. The summed E-state index contributed by atoms with van der Waals surface area (Å²) in [6.07, 6.45) is 2.53. The minimum atomic E-state index is -0.344. The van der Waals surface area contributed by atoms with E-state index < -0.39 is 0 Å². The largest absolute Gasteiger partial charge is 0.493 e. The predicted octanol–water partition coefficient (Wildman–Crippen LogP) is 3.64. The lowest BCUT2D eigenvalue weighted by atomic mass is 10.1. The maximum atomic E-state index is 13.2. The summed E-state index contributed by atoms with van der Waals surface area (Å²) in [5, 5.41) is 8.68. The molecule has 0 spiro atoms.